The van der Waals surface area contributed by atoms with Gasteiger partial charge in [-0.15, -0.1) is 0 Å². The predicted molar refractivity (Wildman–Crippen MR) is 116 cm³/mol. The van der Waals surface area contributed by atoms with Crippen LogP contribution in [0.3, 0.4) is 0 Å². The van der Waals surface area contributed by atoms with E-state index in [1.54, 1.807) is 12.3 Å². The van der Waals surface area contributed by atoms with Crippen molar-refractivity contribution in [3.63, 3.8) is 0 Å². The molecule has 6 nitrogen and oxygen atoms in total. The lowest BCUT2D eigenvalue weighted by atomic mass is 10.1. The lowest BCUT2D eigenvalue weighted by Gasteiger charge is -2.18. The number of aromatic nitrogens is 1. The van der Waals surface area contributed by atoms with E-state index in [4.69, 9.17) is 9.15 Å². The third-order valence-corrected chi connectivity index (χ3v) is 4.62. The van der Waals surface area contributed by atoms with Crippen molar-refractivity contribution >= 4 is 5.96 Å². The summed E-state index contributed by atoms with van der Waals surface area (Å²) in [5.41, 5.74) is 3.63. The van der Waals surface area contributed by atoms with Crippen LogP contribution in [0.4, 0.5) is 4.39 Å². The molecule has 2 N–H and O–H groups in total. The third-order valence-electron chi connectivity index (χ3n) is 4.62. The molecule has 1 aromatic heterocycles. The first-order valence-electron chi connectivity index (χ1n) is 9.90. The standard InChI is InChI=1S/C23H27FN4O2/c1-5-25-23(27-16(3)18-10-11-21(29-4)20(24)12-18)26-13-19-14-30-22(28-19)17-8-6-15(2)7-9-17/h6-12,14,16H,5,13H2,1-4H3,(H2,25,26,27). The molecule has 2 aromatic carbocycles. The minimum atomic E-state index is -0.392. The van der Waals surface area contributed by atoms with E-state index in [-0.39, 0.29) is 11.8 Å². The fourth-order valence-electron chi connectivity index (χ4n) is 2.93. The van der Waals surface area contributed by atoms with E-state index >= 15 is 0 Å². The molecule has 30 heavy (non-hydrogen) atoms. The first-order valence-corrected chi connectivity index (χ1v) is 9.90. The number of guanidine groups is 1. The summed E-state index contributed by atoms with van der Waals surface area (Å²) in [5, 5.41) is 6.48. The van der Waals surface area contributed by atoms with Gasteiger partial charge in [0.2, 0.25) is 5.89 Å². The molecule has 1 atom stereocenters. The van der Waals surface area contributed by atoms with Gasteiger partial charge in [0.15, 0.2) is 17.5 Å². The highest BCUT2D eigenvalue weighted by atomic mass is 19.1. The second kappa shape index (κ2) is 9.91. The molecule has 0 bridgehead atoms. The first kappa shape index (κ1) is 21.4. The zero-order chi connectivity index (χ0) is 21.5. The van der Waals surface area contributed by atoms with Crippen LogP contribution in [0.25, 0.3) is 11.5 Å². The number of aliphatic imine (C=N–C) groups is 1. The molecule has 0 saturated carbocycles. The summed E-state index contributed by atoms with van der Waals surface area (Å²) >= 11 is 0. The monoisotopic (exact) mass is 410 g/mol. The van der Waals surface area contributed by atoms with Gasteiger partial charge in [-0.25, -0.2) is 14.4 Å². The minimum Gasteiger partial charge on any atom is -0.494 e. The Balaban J connectivity index is 1.68. The maximum absolute atomic E-state index is 14.0. The molecule has 0 saturated heterocycles. The van der Waals surface area contributed by atoms with Crippen LogP contribution < -0.4 is 15.4 Å². The maximum atomic E-state index is 14.0. The van der Waals surface area contributed by atoms with Crippen molar-refractivity contribution < 1.29 is 13.5 Å². The number of halogens is 1. The molecule has 1 heterocycles. The van der Waals surface area contributed by atoms with Crippen LogP contribution >= 0.6 is 0 Å². The molecule has 1 unspecified atom stereocenters. The van der Waals surface area contributed by atoms with Gasteiger partial charge in [-0.1, -0.05) is 23.8 Å². The van der Waals surface area contributed by atoms with Gasteiger partial charge in [0, 0.05) is 12.1 Å². The van der Waals surface area contributed by atoms with Crippen LogP contribution in [0.1, 0.15) is 36.7 Å². The largest absolute Gasteiger partial charge is 0.494 e. The van der Waals surface area contributed by atoms with Crippen LogP contribution in [0, 0.1) is 12.7 Å². The number of oxazole rings is 1. The van der Waals surface area contributed by atoms with E-state index in [9.17, 15) is 4.39 Å². The van der Waals surface area contributed by atoms with Gasteiger partial charge in [-0.3, -0.25) is 0 Å². The summed E-state index contributed by atoms with van der Waals surface area (Å²) in [5.74, 6) is 1.01. The Morgan fingerprint density at radius 1 is 1.23 bits per heavy atom. The van der Waals surface area contributed by atoms with E-state index in [0.29, 0.717) is 24.9 Å². The van der Waals surface area contributed by atoms with Gasteiger partial charge < -0.3 is 19.8 Å². The van der Waals surface area contributed by atoms with Crippen molar-refractivity contribution in [3.05, 3.63) is 71.4 Å². The van der Waals surface area contributed by atoms with E-state index in [1.807, 2.05) is 51.1 Å². The van der Waals surface area contributed by atoms with Gasteiger partial charge in [-0.05, 0) is 50.6 Å². The highest BCUT2D eigenvalue weighted by Crippen LogP contribution is 2.22. The van der Waals surface area contributed by atoms with Gasteiger partial charge >= 0.3 is 0 Å². The fourth-order valence-corrected chi connectivity index (χ4v) is 2.93. The number of methoxy groups -OCH3 is 1. The summed E-state index contributed by atoms with van der Waals surface area (Å²) in [7, 11) is 1.45. The lowest BCUT2D eigenvalue weighted by molar-refractivity contribution is 0.386. The number of hydrogen-bond acceptors (Lipinski definition) is 4. The van der Waals surface area contributed by atoms with Crippen LogP contribution in [0.5, 0.6) is 5.75 Å². The third kappa shape index (κ3) is 5.37. The average molecular weight is 410 g/mol. The van der Waals surface area contributed by atoms with E-state index in [1.165, 1.54) is 18.7 Å². The van der Waals surface area contributed by atoms with Crippen molar-refractivity contribution in [2.24, 2.45) is 4.99 Å². The molecule has 158 valence electrons. The molecule has 0 amide bonds. The zero-order valence-electron chi connectivity index (χ0n) is 17.7. The number of rotatable bonds is 7. The second-order valence-electron chi connectivity index (χ2n) is 6.97. The van der Waals surface area contributed by atoms with Crippen molar-refractivity contribution in [2.45, 2.75) is 33.4 Å². The SMILES string of the molecule is CCNC(=NCc1coc(-c2ccc(C)cc2)n1)NC(C)c1ccc(OC)c(F)c1. The number of aryl methyl sites for hydroxylation is 1. The highest BCUT2D eigenvalue weighted by molar-refractivity contribution is 5.80. The van der Waals surface area contributed by atoms with Crippen molar-refractivity contribution in [1.29, 1.82) is 0 Å². The quantitative estimate of drug-likeness (QED) is 0.439. The Bertz CT molecular complexity index is 999. The van der Waals surface area contributed by atoms with Gasteiger partial charge in [0.05, 0.1) is 19.7 Å². The predicted octanol–water partition coefficient (Wildman–Crippen LogP) is 4.61. The lowest BCUT2D eigenvalue weighted by Crippen LogP contribution is -2.38. The molecule has 3 aromatic rings. The Kier molecular flexibility index (Phi) is 7.06. The number of benzene rings is 2. The molecule has 0 fully saturated rings. The molecule has 3 rings (SSSR count). The number of nitrogens with one attached hydrogen (secondary N) is 2. The van der Waals surface area contributed by atoms with Crippen LogP contribution in [-0.2, 0) is 6.54 Å². The summed E-state index contributed by atoms with van der Waals surface area (Å²) in [6, 6.07) is 12.8. The molecule has 0 aliphatic carbocycles. The molecule has 0 aliphatic rings. The summed E-state index contributed by atoms with van der Waals surface area (Å²) in [6.45, 7) is 7.02. The Morgan fingerprint density at radius 2 is 2.00 bits per heavy atom. The average Bonchev–Trinajstić information content (AvgIpc) is 3.21. The van der Waals surface area contributed by atoms with E-state index in [2.05, 4.69) is 20.6 Å². The second-order valence-corrected chi connectivity index (χ2v) is 6.97. The molecule has 0 aliphatic heterocycles. The molecule has 0 radical (unpaired) electrons. The summed E-state index contributed by atoms with van der Waals surface area (Å²) < 4.78 is 24.6. The van der Waals surface area contributed by atoms with Gasteiger partial charge in [-0.2, -0.15) is 0 Å². The maximum Gasteiger partial charge on any atom is 0.226 e. The summed E-state index contributed by atoms with van der Waals surface area (Å²) in [4.78, 5) is 9.10. The first-order chi connectivity index (χ1) is 14.5. The number of ether oxygens (including phenoxy) is 1. The fraction of sp³-hybridized carbons (Fsp3) is 0.304. The van der Waals surface area contributed by atoms with Crippen molar-refractivity contribution in [1.82, 2.24) is 15.6 Å². The smallest absolute Gasteiger partial charge is 0.226 e. The van der Waals surface area contributed by atoms with E-state index in [0.717, 1.165) is 16.8 Å². The topological polar surface area (TPSA) is 71.7 Å². The highest BCUT2D eigenvalue weighted by Gasteiger charge is 2.12. The van der Waals surface area contributed by atoms with Gasteiger partial charge in [0.25, 0.3) is 0 Å². The Hall–Kier alpha value is -3.35. The molecular weight excluding hydrogens is 383 g/mol. The van der Waals surface area contributed by atoms with Crippen LogP contribution in [-0.4, -0.2) is 24.6 Å². The molecule has 0 spiro atoms. The van der Waals surface area contributed by atoms with E-state index < -0.39 is 5.82 Å². The Morgan fingerprint density at radius 3 is 2.67 bits per heavy atom. The zero-order valence-corrected chi connectivity index (χ0v) is 17.7. The van der Waals surface area contributed by atoms with Crippen molar-refractivity contribution in [2.75, 3.05) is 13.7 Å². The van der Waals surface area contributed by atoms with Crippen LogP contribution in [0.2, 0.25) is 0 Å². The number of hydrogen-bond donors (Lipinski definition) is 2. The van der Waals surface area contributed by atoms with Crippen LogP contribution in [0.15, 0.2) is 58.1 Å². The molecular formula is C23H27FN4O2. The Labute approximate surface area is 176 Å². The summed E-state index contributed by atoms with van der Waals surface area (Å²) in [6.07, 6.45) is 1.62. The number of nitrogens with zero attached hydrogens (tertiary/aromatic N) is 2. The van der Waals surface area contributed by atoms with Crippen molar-refractivity contribution in [3.8, 4) is 17.2 Å². The normalized spacial score (nSPS) is 12.5. The van der Waals surface area contributed by atoms with Gasteiger partial charge in [0.1, 0.15) is 12.0 Å². The molecule has 7 heteroatoms. The minimum absolute atomic E-state index is 0.149.